The van der Waals surface area contributed by atoms with Crippen LogP contribution in [-0.4, -0.2) is 20.6 Å². The molecule has 6 rings (SSSR count). The summed E-state index contributed by atoms with van der Waals surface area (Å²) in [5, 5.41) is 4.20. The predicted octanol–water partition coefficient (Wildman–Crippen LogP) is 5.61. The van der Waals surface area contributed by atoms with E-state index in [9.17, 15) is 8.78 Å². The quantitative estimate of drug-likeness (QED) is 0.370. The standard InChI is InChI=1S/C26H19F2N5/c27-19-10-9-18(12-20(19)28)33-25-6-2-1-5-21(25)32-24-13-22(31-17-4-3-11-29-15-17)23(14-26(24)33)30-16-7-8-16/h1-6,9-16,31H,7-8H2. The van der Waals surface area contributed by atoms with Crippen LogP contribution in [0.1, 0.15) is 12.8 Å². The monoisotopic (exact) mass is 439 g/mol. The lowest BCUT2D eigenvalue weighted by Crippen LogP contribution is -2.15. The SMILES string of the molecule is Fc1ccc(-n2c3cc(=NC4CC4)c(Nc4cccnc4)cc-3nc3ccccc32)cc1F. The van der Waals surface area contributed by atoms with Crippen molar-refractivity contribution < 1.29 is 8.78 Å². The highest BCUT2D eigenvalue weighted by atomic mass is 19.2. The summed E-state index contributed by atoms with van der Waals surface area (Å²) in [6.07, 6.45) is 5.59. The molecule has 0 atom stereocenters. The topological polar surface area (TPSA) is 55.1 Å². The van der Waals surface area contributed by atoms with Gasteiger partial charge in [0, 0.05) is 18.0 Å². The third-order valence-corrected chi connectivity index (χ3v) is 5.67. The van der Waals surface area contributed by atoms with E-state index >= 15 is 0 Å². The molecule has 0 saturated heterocycles. The largest absolute Gasteiger partial charge is 0.352 e. The van der Waals surface area contributed by atoms with E-state index in [4.69, 9.17) is 9.98 Å². The normalized spacial score (nSPS) is 14.2. The van der Waals surface area contributed by atoms with E-state index in [1.807, 2.05) is 53.1 Å². The number of para-hydroxylation sites is 2. The number of fused-ring (bicyclic) bond motifs is 2. The van der Waals surface area contributed by atoms with Crippen LogP contribution in [0.2, 0.25) is 0 Å². The first-order valence-electron chi connectivity index (χ1n) is 10.8. The molecule has 2 aliphatic carbocycles. The third kappa shape index (κ3) is 3.71. The van der Waals surface area contributed by atoms with Crippen molar-refractivity contribution in [2.45, 2.75) is 18.9 Å². The summed E-state index contributed by atoms with van der Waals surface area (Å²) in [6.45, 7) is 0. The molecule has 3 aromatic rings. The minimum Gasteiger partial charge on any atom is -0.352 e. The molecular weight excluding hydrogens is 420 g/mol. The Hall–Kier alpha value is -4.13. The Balaban J connectivity index is 1.65. The van der Waals surface area contributed by atoms with Crippen LogP contribution in [0.3, 0.4) is 0 Å². The average Bonchev–Trinajstić information content (AvgIpc) is 3.65. The van der Waals surface area contributed by atoms with Gasteiger partial charge in [0.25, 0.3) is 0 Å². The second kappa shape index (κ2) is 7.78. The van der Waals surface area contributed by atoms with Gasteiger partial charge >= 0.3 is 0 Å². The van der Waals surface area contributed by atoms with Crippen molar-refractivity contribution in [1.82, 2.24) is 14.5 Å². The average molecular weight is 439 g/mol. The van der Waals surface area contributed by atoms with Gasteiger partial charge in [-0.1, -0.05) is 12.1 Å². The highest BCUT2D eigenvalue weighted by Gasteiger charge is 2.22. The molecule has 1 N–H and O–H groups in total. The molecule has 1 aliphatic heterocycles. The van der Waals surface area contributed by atoms with E-state index in [-0.39, 0.29) is 0 Å². The molecule has 2 heterocycles. The molecule has 0 bridgehead atoms. The predicted molar refractivity (Wildman–Crippen MR) is 124 cm³/mol. The Morgan fingerprint density at radius 1 is 0.939 bits per heavy atom. The van der Waals surface area contributed by atoms with Gasteiger partial charge in [0.2, 0.25) is 0 Å². The van der Waals surface area contributed by atoms with Gasteiger partial charge in [-0.3, -0.25) is 9.98 Å². The Kier molecular flexibility index (Phi) is 4.61. The van der Waals surface area contributed by atoms with Crippen molar-refractivity contribution >= 4 is 22.4 Å². The van der Waals surface area contributed by atoms with Crippen LogP contribution < -0.4 is 10.7 Å². The van der Waals surface area contributed by atoms with Crippen molar-refractivity contribution in [1.29, 1.82) is 0 Å². The van der Waals surface area contributed by atoms with Gasteiger partial charge in [0.1, 0.15) is 0 Å². The summed E-state index contributed by atoms with van der Waals surface area (Å²) in [4.78, 5) is 13.9. The fraction of sp³-hybridized carbons (Fsp3) is 0.115. The van der Waals surface area contributed by atoms with Gasteiger partial charge in [-0.05, 0) is 61.4 Å². The summed E-state index contributed by atoms with van der Waals surface area (Å²) >= 11 is 0. The fourth-order valence-electron chi connectivity index (χ4n) is 3.94. The molecule has 33 heavy (non-hydrogen) atoms. The highest BCUT2D eigenvalue weighted by molar-refractivity contribution is 5.84. The first-order valence-corrected chi connectivity index (χ1v) is 10.8. The maximum Gasteiger partial charge on any atom is 0.160 e. The molecule has 1 aromatic heterocycles. The van der Waals surface area contributed by atoms with Gasteiger partial charge in [0.15, 0.2) is 11.6 Å². The van der Waals surface area contributed by atoms with E-state index in [1.54, 1.807) is 18.5 Å². The van der Waals surface area contributed by atoms with Crippen LogP contribution in [0.15, 0.2) is 84.1 Å². The number of benzene rings is 3. The van der Waals surface area contributed by atoms with E-state index in [1.165, 1.54) is 6.07 Å². The van der Waals surface area contributed by atoms with E-state index in [0.717, 1.165) is 52.4 Å². The first-order chi connectivity index (χ1) is 16.2. The maximum atomic E-state index is 14.2. The molecule has 2 aromatic carbocycles. The van der Waals surface area contributed by atoms with E-state index in [2.05, 4.69) is 10.3 Å². The smallest absolute Gasteiger partial charge is 0.160 e. The Morgan fingerprint density at radius 2 is 1.82 bits per heavy atom. The third-order valence-electron chi connectivity index (χ3n) is 5.67. The number of nitrogens with one attached hydrogen (secondary N) is 1. The van der Waals surface area contributed by atoms with Gasteiger partial charge < -0.3 is 9.88 Å². The second-order valence-electron chi connectivity index (χ2n) is 8.12. The molecule has 3 aliphatic rings. The number of anilines is 2. The molecule has 1 saturated carbocycles. The van der Waals surface area contributed by atoms with Crippen LogP contribution in [0.4, 0.5) is 20.2 Å². The fourth-order valence-corrected chi connectivity index (χ4v) is 3.94. The number of nitrogens with zero attached hydrogens (tertiary/aromatic N) is 4. The van der Waals surface area contributed by atoms with Crippen LogP contribution >= 0.6 is 0 Å². The lowest BCUT2D eigenvalue weighted by Gasteiger charge is -2.20. The Morgan fingerprint density at radius 3 is 2.61 bits per heavy atom. The van der Waals surface area contributed by atoms with Crippen LogP contribution in [0, 0.1) is 11.6 Å². The first kappa shape index (κ1) is 19.5. The minimum atomic E-state index is -0.896. The molecule has 0 spiro atoms. The Labute approximate surface area is 188 Å². The van der Waals surface area contributed by atoms with Crippen molar-refractivity contribution in [3.8, 4) is 17.1 Å². The molecule has 0 radical (unpaired) electrons. The summed E-state index contributed by atoms with van der Waals surface area (Å²) in [5.74, 6) is -1.78. The lowest BCUT2D eigenvalue weighted by molar-refractivity contribution is 0.508. The van der Waals surface area contributed by atoms with E-state index in [0.29, 0.717) is 17.4 Å². The molecule has 1 fully saturated rings. The number of hydrogen-bond acceptors (Lipinski definition) is 4. The van der Waals surface area contributed by atoms with Crippen LogP contribution in [0.25, 0.3) is 28.1 Å². The maximum absolute atomic E-state index is 14.2. The summed E-state index contributed by atoms with van der Waals surface area (Å²) in [6, 6.07) is 19.6. The zero-order valence-electron chi connectivity index (χ0n) is 17.5. The van der Waals surface area contributed by atoms with Crippen molar-refractivity contribution in [2.24, 2.45) is 4.99 Å². The molecular formula is C26H19F2N5. The van der Waals surface area contributed by atoms with Gasteiger partial charge in [0.05, 0.1) is 51.4 Å². The summed E-state index contributed by atoms with van der Waals surface area (Å²) in [7, 11) is 0. The number of hydrogen-bond donors (Lipinski definition) is 1. The van der Waals surface area contributed by atoms with Crippen molar-refractivity contribution in [3.63, 3.8) is 0 Å². The van der Waals surface area contributed by atoms with Gasteiger partial charge in [-0.2, -0.15) is 0 Å². The second-order valence-corrected chi connectivity index (χ2v) is 8.12. The number of pyridine rings is 1. The lowest BCUT2D eigenvalue weighted by atomic mass is 10.1. The number of halogens is 2. The minimum absolute atomic E-state index is 0.294. The van der Waals surface area contributed by atoms with Crippen LogP contribution in [0.5, 0.6) is 0 Å². The molecule has 0 amide bonds. The van der Waals surface area contributed by atoms with Crippen LogP contribution in [-0.2, 0) is 0 Å². The highest BCUT2D eigenvalue weighted by Crippen LogP contribution is 2.31. The van der Waals surface area contributed by atoms with E-state index < -0.39 is 11.6 Å². The summed E-state index contributed by atoms with van der Waals surface area (Å²) in [5.41, 5.74) is 5.19. The molecule has 0 unspecified atom stereocenters. The van der Waals surface area contributed by atoms with Gasteiger partial charge in [-0.15, -0.1) is 0 Å². The number of rotatable bonds is 4. The summed E-state index contributed by atoms with van der Waals surface area (Å²) < 4.78 is 29.8. The van der Waals surface area contributed by atoms with Crippen molar-refractivity contribution in [2.75, 3.05) is 5.32 Å². The molecule has 162 valence electrons. The van der Waals surface area contributed by atoms with Crippen molar-refractivity contribution in [3.05, 3.63) is 96.1 Å². The molecule has 7 heteroatoms. The molecule has 5 nitrogen and oxygen atoms in total. The number of aromatic nitrogens is 3. The zero-order valence-corrected chi connectivity index (χ0v) is 17.5. The van der Waals surface area contributed by atoms with Gasteiger partial charge in [-0.25, -0.2) is 13.8 Å². The Bertz CT molecular complexity index is 1520. The zero-order chi connectivity index (χ0) is 22.4.